The molecule has 1 radical (unpaired) electrons. The third-order valence-corrected chi connectivity index (χ3v) is 0. The van der Waals surface area contributed by atoms with Crippen molar-refractivity contribution in [3.05, 3.63) is 6.42 Å². The van der Waals surface area contributed by atoms with Crippen molar-refractivity contribution in [3.63, 3.8) is 0 Å². The third kappa shape index (κ3) is 24.5. The van der Waals surface area contributed by atoms with Crippen LogP contribution in [0.1, 0.15) is 0 Å². The summed E-state index contributed by atoms with van der Waals surface area (Å²) < 4.78 is 0. The van der Waals surface area contributed by atoms with E-state index < -0.39 is 0 Å². The summed E-state index contributed by atoms with van der Waals surface area (Å²) in [6.07, 6.45) is 5.74. The summed E-state index contributed by atoms with van der Waals surface area (Å²) in [5.74, 6) is 0. The average molecular weight is 129 g/mol. The summed E-state index contributed by atoms with van der Waals surface area (Å²) in [6.45, 7) is 0. The maximum absolute atomic E-state index is 5.74. The van der Waals surface area contributed by atoms with E-state index >= 15 is 0 Å². The van der Waals surface area contributed by atoms with Gasteiger partial charge >= 0.3 is 0 Å². The molecule has 0 aliphatic carbocycles. The van der Waals surface area contributed by atoms with Crippen LogP contribution in [0.4, 0.5) is 0 Å². The van der Waals surface area contributed by atoms with Gasteiger partial charge in [0.15, 0.2) is 0 Å². The summed E-state index contributed by atoms with van der Waals surface area (Å²) in [5, 5.41) is 0. The molecular formula is C2H2NY-. The molecule has 0 aliphatic rings. The molecule has 0 saturated carbocycles. The van der Waals surface area contributed by atoms with E-state index in [4.69, 9.17) is 6.42 Å². The zero-order valence-corrected chi connectivity index (χ0v) is 4.99. The molecule has 0 bridgehead atoms. The van der Waals surface area contributed by atoms with Gasteiger partial charge in [-0.1, -0.05) is 0 Å². The second kappa shape index (κ2) is 9.81. The fourth-order valence-corrected chi connectivity index (χ4v) is 0. The molecule has 0 fully saturated rings. The maximum atomic E-state index is 5.74. The molecule has 0 rings (SSSR count). The topological polar surface area (TPSA) is 26.0 Å². The fraction of sp³-hybridized carbons (Fsp3) is 0. The zero-order chi connectivity index (χ0) is 2.71. The van der Waals surface area contributed by atoms with Crippen LogP contribution in [-0.4, -0.2) is 0 Å². The second-order valence-corrected chi connectivity index (χ2v) is 0.144. The minimum Gasteiger partial charge on any atom is -0.670 e. The van der Waals surface area contributed by atoms with Gasteiger partial charge in [-0.25, -0.2) is 0 Å². The summed E-state index contributed by atoms with van der Waals surface area (Å²) in [4.78, 5) is 0. The molecule has 0 heterocycles. The molecule has 1 nitrogen and oxygen atoms in total. The first kappa shape index (κ1) is 8.82. The van der Waals surface area contributed by atoms with Crippen molar-refractivity contribution in [2.75, 3.05) is 0 Å². The Morgan fingerprint density at radius 2 is 1.75 bits per heavy atom. The van der Waals surface area contributed by atoms with Crippen LogP contribution >= 0.6 is 0 Å². The molecule has 0 saturated heterocycles. The molecule has 0 spiro atoms. The smallest absolute Gasteiger partial charge is 0 e. The number of hydrogen-bond donors (Lipinski definition) is 1. The summed E-state index contributed by atoms with van der Waals surface area (Å²) in [6, 6.07) is 1.50. The SMILES string of the molecule is [C-]#CN.[Y]. The van der Waals surface area contributed by atoms with Crippen LogP contribution in [0, 0.1) is 12.5 Å². The molecule has 4 heavy (non-hydrogen) atoms. The van der Waals surface area contributed by atoms with E-state index in [1.165, 1.54) is 6.04 Å². The van der Waals surface area contributed by atoms with Gasteiger partial charge in [-0.05, 0) is 0 Å². The van der Waals surface area contributed by atoms with Gasteiger partial charge in [0.05, 0.1) is 0 Å². The summed E-state index contributed by atoms with van der Waals surface area (Å²) in [7, 11) is 0. The van der Waals surface area contributed by atoms with Gasteiger partial charge in [0.2, 0.25) is 0 Å². The van der Waals surface area contributed by atoms with E-state index in [0.717, 1.165) is 0 Å². The van der Waals surface area contributed by atoms with Crippen molar-refractivity contribution >= 4 is 0 Å². The van der Waals surface area contributed by atoms with Crippen LogP contribution in [0.15, 0.2) is 0 Å². The molecule has 0 atom stereocenters. The standard InChI is InChI=1S/C2H2N.Y/c1-2-3;/h3H2;/q-1;. The summed E-state index contributed by atoms with van der Waals surface area (Å²) in [5.41, 5.74) is 4.26. The Morgan fingerprint density at radius 1 is 1.75 bits per heavy atom. The first-order chi connectivity index (χ1) is 1.41. The predicted molar refractivity (Wildman–Crippen MR) is 11.3 cm³/mol. The number of rotatable bonds is 0. The second-order valence-electron chi connectivity index (χ2n) is 0.144. The van der Waals surface area contributed by atoms with E-state index in [1.54, 1.807) is 0 Å². The third-order valence-electron chi connectivity index (χ3n) is 0. The molecule has 0 aromatic carbocycles. The van der Waals surface area contributed by atoms with Crippen molar-refractivity contribution in [1.29, 1.82) is 0 Å². The van der Waals surface area contributed by atoms with Crippen LogP contribution in [-0.2, 0) is 32.7 Å². The van der Waals surface area contributed by atoms with Crippen LogP contribution in [0.5, 0.6) is 0 Å². The van der Waals surface area contributed by atoms with Gasteiger partial charge in [-0.2, -0.15) is 0 Å². The Kier molecular flexibility index (Phi) is 21.6. The molecule has 19 valence electrons. The van der Waals surface area contributed by atoms with E-state index in [9.17, 15) is 0 Å². The Hall–Kier alpha value is 0.464. The molecular weight excluding hydrogens is 127 g/mol. The largest absolute Gasteiger partial charge is 0.670 e. The zero-order valence-electron chi connectivity index (χ0n) is 2.15. The molecule has 0 amide bonds. The van der Waals surface area contributed by atoms with E-state index in [1.807, 2.05) is 0 Å². The molecule has 0 aromatic rings. The monoisotopic (exact) mass is 129 g/mol. The van der Waals surface area contributed by atoms with Gasteiger partial charge < -0.3 is 12.2 Å². The minimum atomic E-state index is 0. The van der Waals surface area contributed by atoms with Gasteiger partial charge in [0.1, 0.15) is 0 Å². The van der Waals surface area contributed by atoms with Crippen molar-refractivity contribution in [1.82, 2.24) is 0 Å². The Bertz CT molecular complexity index is 27.5. The van der Waals surface area contributed by atoms with Crippen LogP contribution in [0.25, 0.3) is 0 Å². The normalized spacial score (nSPS) is 1.75. The Labute approximate surface area is 50.8 Å². The van der Waals surface area contributed by atoms with Crippen molar-refractivity contribution in [3.8, 4) is 6.04 Å². The first-order valence-corrected chi connectivity index (χ1v) is 0.539. The van der Waals surface area contributed by atoms with Crippen LogP contribution in [0.2, 0.25) is 0 Å². The molecule has 0 aromatic heterocycles. The van der Waals surface area contributed by atoms with Crippen molar-refractivity contribution in [2.45, 2.75) is 0 Å². The van der Waals surface area contributed by atoms with Gasteiger partial charge in [-0.3, -0.25) is 6.04 Å². The molecule has 2 heteroatoms. The number of nitrogens with two attached hydrogens (primary N) is 1. The molecule has 2 N–H and O–H groups in total. The quantitative estimate of drug-likeness (QED) is 0.266. The average Bonchev–Trinajstić information content (AvgIpc) is 0.918. The summed E-state index contributed by atoms with van der Waals surface area (Å²) >= 11 is 0. The predicted octanol–water partition coefficient (Wildman–Crippen LogP) is -0.510. The van der Waals surface area contributed by atoms with Crippen LogP contribution in [0.3, 0.4) is 0 Å². The van der Waals surface area contributed by atoms with Gasteiger partial charge in [-0.15, -0.1) is 0 Å². The van der Waals surface area contributed by atoms with E-state index in [2.05, 4.69) is 5.73 Å². The number of hydrogen-bond acceptors (Lipinski definition) is 1. The maximum Gasteiger partial charge on any atom is 0 e. The van der Waals surface area contributed by atoms with Crippen LogP contribution < -0.4 is 5.73 Å². The Balaban J connectivity index is 0. The minimum absolute atomic E-state index is 0. The van der Waals surface area contributed by atoms with Gasteiger partial charge in [0, 0.05) is 32.7 Å². The van der Waals surface area contributed by atoms with Crippen molar-refractivity contribution in [2.24, 2.45) is 5.73 Å². The fourth-order valence-electron chi connectivity index (χ4n) is 0. The van der Waals surface area contributed by atoms with Gasteiger partial charge in [0.25, 0.3) is 0 Å². The Morgan fingerprint density at radius 3 is 1.75 bits per heavy atom. The van der Waals surface area contributed by atoms with Crippen molar-refractivity contribution < 1.29 is 32.7 Å². The first-order valence-electron chi connectivity index (χ1n) is 0.539. The molecule has 0 aliphatic heterocycles. The van der Waals surface area contributed by atoms with E-state index in [0.29, 0.717) is 0 Å². The van der Waals surface area contributed by atoms with E-state index in [-0.39, 0.29) is 32.7 Å². The molecule has 0 unspecified atom stereocenters.